The monoisotopic (exact) mass is 333 g/mol. The van der Waals surface area contributed by atoms with Gasteiger partial charge in [0, 0.05) is 24.2 Å². The van der Waals surface area contributed by atoms with Gasteiger partial charge in [-0.25, -0.2) is 0 Å². The third-order valence-corrected chi connectivity index (χ3v) is 3.13. The van der Waals surface area contributed by atoms with Crippen LogP contribution in [-0.2, 0) is 4.79 Å². The van der Waals surface area contributed by atoms with Gasteiger partial charge in [-0.1, -0.05) is 18.2 Å². The van der Waals surface area contributed by atoms with Crippen molar-refractivity contribution in [3.63, 3.8) is 0 Å². The quantitative estimate of drug-likeness (QED) is 0.689. The summed E-state index contributed by atoms with van der Waals surface area (Å²) >= 11 is 3.28. The number of benzene rings is 2. The van der Waals surface area contributed by atoms with Crippen LogP contribution in [0.15, 0.2) is 53.0 Å². The zero-order valence-corrected chi connectivity index (χ0v) is 12.3. The van der Waals surface area contributed by atoms with E-state index in [-0.39, 0.29) is 5.91 Å². The van der Waals surface area contributed by atoms with Gasteiger partial charge in [0.25, 0.3) is 5.91 Å². The van der Waals surface area contributed by atoms with Crippen molar-refractivity contribution < 1.29 is 14.3 Å². The first-order valence-electron chi connectivity index (χ1n) is 5.90. The fourth-order valence-electron chi connectivity index (χ4n) is 1.61. The maximum Gasteiger partial charge on any atom is 0.308 e. The van der Waals surface area contributed by atoms with Gasteiger partial charge in [-0.15, -0.1) is 0 Å². The van der Waals surface area contributed by atoms with Crippen molar-refractivity contribution in [1.82, 2.24) is 0 Å². The predicted octanol–water partition coefficient (Wildman–Crippen LogP) is 3.63. The van der Waals surface area contributed by atoms with Crippen LogP contribution in [0.2, 0.25) is 0 Å². The molecule has 2 rings (SSSR count). The van der Waals surface area contributed by atoms with Gasteiger partial charge in [0.1, 0.15) is 5.75 Å². The number of ether oxygens (including phenoxy) is 1. The molecule has 2 aromatic carbocycles. The minimum absolute atomic E-state index is 0.221. The topological polar surface area (TPSA) is 55.4 Å². The number of nitrogens with one attached hydrogen (secondary N) is 1. The molecule has 20 heavy (non-hydrogen) atoms. The molecule has 0 aliphatic rings. The largest absolute Gasteiger partial charge is 0.425 e. The van der Waals surface area contributed by atoms with Crippen molar-refractivity contribution in [3.05, 3.63) is 58.6 Å². The van der Waals surface area contributed by atoms with Gasteiger partial charge in [-0.3, -0.25) is 9.59 Å². The lowest BCUT2D eigenvalue weighted by Gasteiger charge is -2.09. The summed E-state index contributed by atoms with van der Waals surface area (Å²) in [5.41, 5.74) is 1.11. The van der Waals surface area contributed by atoms with Crippen LogP contribution in [0.5, 0.6) is 5.75 Å². The van der Waals surface area contributed by atoms with Gasteiger partial charge in [0.15, 0.2) is 0 Å². The molecule has 0 fully saturated rings. The maximum absolute atomic E-state index is 12.0. The first kappa shape index (κ1) is 14.3. The van der Waals surface area contributed by atoms with Gasteiger partial charge < -0.3 is 10.1 Å². The van der Waals surface area contributed by atoms with Crippen molar-refractivity contribution in [1.29, 1.82) is 0 Å². The van der Waals surface area contributed by atoms with E-state index < -0.39 is 5.97 Å². The highest BCUT2D eigenvalue weighted by molar-refractivity contribution is 9.10. The minimum Gasteiger partial charge on any atom is -0.425 e. The van der Waals surface area contributed by atoms with E-state index in [1.54, 1.807) is 42.5 Å². The summed E-state index contributed by atoms with van der Waals surface area (Å²) in [5, 5.41) is 2.75. The second-order valence-electron chi connectivity index (χ2n) is 4.06. The molecule has 0 aliphatic carbocycles. The molecule has 1 amide bonds. The van der Waals surface area contributed by atoms with E-state index in [0.717, 1.165) is 0 Å². The average Bonchev–Trinajstić information content (AvgIpc) is 2.43. The molecule has 0 unspecified atom stereocenters. The number of carbonyl (C=O) groups is 2. The summed E-state index contributed by atoms with van der Waals surface area (Å²) in [6.45, 7) is 1.32. The second kappa shape index (κ2) is 6.34. The molecule has 102 valence electrons. The van der Waals surface area contributed by atoms with Gasteiger partial charge in [0.05, 0.1) is 4.47 Å². The number of halogens is 1. The lowest BCUT2D eigenvalue weighted by atomic mass is 10.2. The van der Waals surface area contributed by atoms with Crippen LogP contribution in [0.4, 0.5) is 5.69 Å². The number of hydrogen-bond acceptors (Lipinski definition) is 3. The Morgan fingerprint density at radius 3 is 2.45 bits per heavy atom. The Kier molecular flexibility index (Phi) is 4.53. The van der Waals surface area contributed by atoms with E-state index in [0.29, 0.717) is 21.5 Å². The van der Waals surface area contributed by atoms with Gasteiger partial charge in [-0.2, -0.15) is 0 Å². The molecule has 4 nitrogen and oxygen atoms in total. The van der Waals surface area contributed by atoms with Gasteiger partial charge in [-0.05, 0) is 40.2 Å². The van der Waals surface area contributed by atoms with Crippen LogP contribution in [0, 0.1) is 0 Å². The molecule has 0 aliphatic heterocycles. The first-order valence-corrected chi connectivity index (χ1v) is 6.70. The highest BCUT2D eigenvalue weighted by atomic mass is 79.9. The molecule has 0 heterocycles. The van der Waals surface area contributed by atoms with E-state index in [9.17, 15) is 9.59 Å². The molecule has 0 saturated heterocycles. The third-order valence-electron chi connectivity index (χ3n) is 2.48. The fourth-order valence-corrected chi connectivity index (χ4v) is 1.93. The molecular formula is C15H12BrNO3. The third kappa shape index (κ3) is 3.68. The van der Waals surface area contributed by atoms with Gasteiger partial charge in [0.2, 0.25) is 0 Å². The van der Waals surface area contributed by atoms with E-state index >= 15 is 0 Å². The summed E-state index contributed by atoms with van der Waals surface area (Å²) in [5.74, 6) is -0.276. The number of anilines is 1. The summed E-state index contributed by atoms with van der Waals surface area (Å²) < 4.78 is 5.68. The first-order chi connectivity index (χ1) is 9.56. The SMILES string of the molecule is CC(=O)Oc1cc(NC(=O)c2ccccc2)ccc1Br. The maximum atomic E-state index is 12.0. The summed E-state index contributed by atoms with van der Waals surface area (Å²) in [7, 11) is 0. The summed E-state index contributed by atoms with van der Waals surface area (Å²) in [6.07, 6.45) is 0. The van der Waals surface area contributed by atoms with E-state index in [1.165, 1.54) is 6.92 Å². The molecule has 1 N–H and O–H groups in total. The van der Waals surface area contributed by atoms with Crippen molar-refractivity contribution in [3.8, 4) is 5.75 Å². The molecule has 5 heteroatoms. The van der Waals surface area contributed by atoms with Crippen molar-refractivity contribution in [2.24, 2.45) is 0 Å². The number of hydrogen-bond donors (Lipinski definition) is 1. The fraction of sp³-hybridized carbons (Fsp3) is 0.0667. The van der Waals surface area contributed by atoms with Crippen molar-refractivity contribution in [2.45, 2.75) is 6.92 Å². The average molecular weight is 334 g/mol. The van der Waals surface area contributed by atoms with Crippen LogP contribution in [0.1, 0.15) is 17.3 Å². The smallest absolute Gasteiger partial charge is 0.308 e. The van der Waals surface area contributed by atoms with Crippen molar-refractivity contribution in [2.75, 3.05) is 5.32 Å². The molecule has 2 aromatic rings. The Balaban J connectivity index is 2.18. The Bertz CT molecular complexity index is 641. The zero-order valence-electron chi connectivity index (χ0n) is 10.7. The van der Waals surface area contributed by atoms with Crippen LogP contribution in [0.25, 0.3) is 0 Å². The Morgan fingerprint density at radius 1 is 1.10 bits per heavy atom. The minimum atomic E-state index is -0.419. The van der Waals surface area contributed by atoms with Crippen LogP contribution >= 0.6 is 15.9 Å². The van der Waals surface area contributed by atoms with Crippen LogP contribution in [-0.4, -0.2) is 11.9 Å². The number of amides is 1. The number of esters is 1. The Morgan fingerprint density at radius 2 is 1.80 bits per heavy atom. The second-order valence-corrected chi connectivity index (χ2v) is 4.91. The van der Waals surface area contributed by atoms with E-state index in [4.69, 9.17) is 4.74 Å². The van der Waals surface area contributed by atoms with E-state index in [1.807, 2.05) is 6.07 Å². The normalized spacial score (nSPS) is 9.90. The summed E-state index contributed by atoms with van der Waals surface area (Å²) in [4.78, 5) is 23.0. The van der Waals surface area contributed by atoms with Gasteiger partial charge >= 0.3 is 5.97 Å². The zero-order chi connectivity index (χ0) is 14.5. The molecule has 0 spiro atoms. The highest BCUT2D eigenvalue weighted by Crippen LogP contribution is 2.28. The van der Waals surface area contributed by atoms with E-state index in [2.05, 4.69) is 21.2 Å². The highest BCUT2D eigenvalue weighted by Gasteiger charge is 2.09. The molecular weight excluding hydrogens is 322 g/mol. The standard InChI is InChI=1S/C15H12BrNO3/c1-10(18)20-14-9-12(7-8-13(14)16)17-15(19)11-5-3-2-4-6-11/h2-9H,1H3,(H,17,19). The lowest BCUT2D eigenvalue weighted by Crippen LogP contribution is -2.12. The Labute approximate surface area is 124 Å². The molecule has 0 atom stereocenters. The number of carbonyl (C=O) groups excluding carboxylic acids is 2. The summed E-state index contributed by atoms with van der Waals surface area (Å²) in [6, 6.07) is 13.9. The lowest BCUT2D eigenvalue weighted by molar-refractivity contribution is -0.131. The van der Waals surface area contributed by atoms with Crippen LogP contribution in [0.3, 0.4) is 0 Å². The molecule has 0 aromatic heterocycles. The Hall–Kier alpha value is -2.14. The molecule has 0 bridgehead atoms. The molecule has 0 radical (unpaired) electrons. The predicted molar refractivity (Wildman–Crippen MR) is 79.8 cm³/mol. The molecule has 0 saturated carbocycles. The van der Waals surface area contributed by atoms with Crippen molar-refractivity contribution >= 4 is 33.5 Å². The number of rotatable bonds is 3. The van der Waals surface area contributed by atoms with Crippen LogP contribution < -0.4 is 10.1 Å².